The van der Waals surface area contributed by atoms with Crippen molar-refractivity contribution in [3.05, 3.63) is 16.4 Å². The molecule has 1 heterocycles. The summed E-state index contributed by atoms with van der Waals surface area (Å²) in [4.78, 5) is 12.2. The Morgan fingerprint density at radius 3 is 2.50 bits per heavy atom. The molecule has 1 aromatic rings. The van der Waals surface area contributed by atoms with Gasteiger partial charge in [-0.1, -0.05) is 39.3 Å². The Kier molecular flexibility index (Phi) is 5.81. The molecule has 0 aliphatic carbocycles. The number of aromatic nitrogens is 2. The maximum Gasteiger partial charge on any atom is 0.139 e. The van der Waals surface area contributed by atoms with E-state index in [1.54, 1.807) is 0 Å². The van der Waals surface area contributed by atoms with Crippen molar-refractivity contribution < 1.29 is 4.79 Å². The summed E-state index contributed by atoms with van der Waals surface area (Å²) >= 11 is 6.24. The first-order valence-electron chi connectivity index (χ1n) is 7.37. The second kappa shape index (κ2) is 6.75. The van der Waals surface area contributed by atoms with Crippen LogP contribution in [0.2, 0.25) is 5.02 Å². The van der Waals surface area contributed by atoms with Gasteiger partial charge >= 0.3 is 0 Å². The van der Waals surface area contributed by atoms with Gasteiger partial charge in [-0.15, -0.1) is 0 Å². The van der Waals surface area contributed by atoms with E-state index in [4.69, 9.17) is 11.6 Å². The Morgan fingerprint density at radius 1 is 1.40 bits per heavy atom. The van der Waals surface area contributed by atoms with Gasteiger partial charge in [-0.3, -0.25) is 9.48 Å². The molecule has 4 heteroatoms. The van der Waals surface area contributed by atoms with Crippen LogP contribution in [0.15, 0.2) is 0 Å². The van der Waals surface area contributed by atoms with Gasteiger partial charge in [0.15, 0.2) is 0 Å². The maximum absolute atomic E-state index is 12.2. The monoisotopic (exact) mass is 298 g/mol. The van der Waals surface area contributed by atoms with Gasteiger partial charge in [0.25, 0.3) is 0 Å². The number of hydrogen-bond acceptors (Lipinski definition) is 2. The zero-order valence-electron chi connectivity index (χ0n) is 13.6. The number of carbonyl (C=O) groups excluding carboxylic acids is 1. The molecule has 20 heavy (non-hydrogen) atoms. The normalized spacial score (nSPS) is 13.6. The minimum atomic E-state index is 0.248. The summed E-state index contributed by atoms with van der Waals surface area (Å²) in [5.41, 5.74) is 1.93. The first-order chi connectivity index (χ1) is 9.14. The summed E-state index contributed by atoms with van der Waals surface area (Å²) in [5.74, 6) is 0.652. The van der Waals surface area contributed by atoms with Gasteiger partial charge in [-0.2, -0.15) is 5.10 Å². The van der Waals surface area contributed by atoms with Crippen molar-refractivity contribution in [1.29, 1.82) is 0 Å². The molecule has 0 N–H and O–H groups in total. The zero-order chi connectivity index (χ0) is 15.5. The van der Waals surface area contributed by atoms with E-state index < -0.39 is 0 Å². The third kappa shape index (κ3) is 4.93. The van der Waals surface area contributed by atoms with Crippen LogP contribution < -0.4 is 0 Å². The van der Waals surface area contributed by atoms with Crippen LogP contribution in [0.5, 0.6) is 0 Å². The molecule has 0 radical (unpaired) electrons. The predicted octanol–water partition coefficient (Wildman–Crippen LogP) is 4.44. The van der Waals surface area contributed by atoms with Crippen molar-refractivity contribution in [3.8, 4) is 0 Å². The minimum absolute atomic E-state index is 0.248. The molecule has 0 bridgehead atoms. The third-order valence-corrected chi connectivity index (χ3v) is 3.85. The average Bonchev–Trinajstić information content (AvgIpc) is 2.53. The highest BCUT2D eigenvalue weighted by Gasteiger charge is 2.20. The lowest BCUT2D eigenvalue weighted by atomic mass is 9.83. The SMILES string of the molecule is CCn1nc(C)c(Cl)c1CC(=O)CC(C)CC(C)(C)C. The molecule has 0 aliphatic heterocycles. The fourth-order valence-corrected chi connectivity index (χ4v) is 3.01. The van der Waals surface area contributed by atoms with Crippen molar-refractivity contribution in [2.75, 3.05) is 0 Å². The van der Waals surface area contributed by atoms with Crippen LogP contribution in [-0.4, -0.2) is 15.6 Å². The first-order valence-corrected chi connectivity index (χ1v) is 7.75. The molecule has 0 spiro atoms. The number of ketones is 1. The Bertz CT molecular complexity index is 472. The Hall–Kier alpha value is -0.830. The Morgan fingerprint density at radius 2 is 2.00 bits per heavy atom. The molecule has 1 rings (SSSR count). The second-order valence-corrected chi connectivity index (χ2v) is 7.33. The van der Waals surface area contributed by atoms with E-state index in [0.29, 0.717) is 23.8 Å². The molecule has 0 aliphatic rings. The Labute approximate surface area is 127 Å². The van der Waals surface area contributed by atoms with Crippen molar-refractivity contribution in [2.45, 2.75) is 67.3 Å². The number of hydrogen-bond donors (Lipinski definition) is 0. The quantitative estimate of drug-likeness (QED) is 0.778. The molecule has 1 aromatic heterocycles. The molecule has 0 fully saturated rings. The van der Waals surface area contributed by atoms with E-state index in [-0.39, 0.29) is 11.2 Å². The van der Waals surface area contributed by atoms with E-state index >= 15 is 0 Å². The standard InChI is InChI=1S/C16H27ClN2O/c1-7-19-14(15(17)12(3)18-19)9-13(20)8-11(2)10-16(4,5)6/h11H,7-10H2,1-6H3. The molecule has 1 atom stereocenters. The highest BCUT2D eigenvalue weighted by atomic mass is 35.5. The van der Waals surface area contributed by atoms with Crippen molar-refractivity contribution >= 4 is 17.4 Å². The second-order valence-electron chi connectivity index (χ2n) is 6.95. The van der Waals surface area contributed by atoms with Gasteiger partial charge in [0.2, 0.25) is 0 Å². The molecular weight excluding hydrogens is 272 g/mol. The lowest BCUT2D eigenvalue weighted by molar-refractivity contribution is -0.119. The minimum Gasteiger partial charge on any atom is -0.299 e. The average molecular weight is 299 g/mol. The van der Waals surface area contributed by atoms with Gasteiger partial charge in [-0.25, -0.2) is 0 Å². The van der Waals surface area contributed by atoms with Crippen LogP contribution >= 0.6 is 11.6 Å². The highest BCUT2D eigenvalue weighted by Crippen LogP contribution is 2.27. The van der Waals surface area contributed by atoms with Crippen molar-refractivity contribution in [3.63, 3.8) is 0 Å². The Balaban J connectivity index is 2.67. The lowest BCUT2D eigenvalue weighted by Gasteiger charge is -2.22. The predicted molar refractivity (Wildman–Crippen MR) is 84.2 cm³/mol. The lowest BCUT2D eigenvalue weighted by Crippen LogP contribution is -2.16. The molecule has 0 aromatic carbocycles. The fourth-order valence-electron chi connectivity index (χ4n) is 2.80. The van der Waals surface area contributed by atoms with Crippen LogP contribution in [0.25, 0.3) is 0 Å². The number of carbonyl (C=O) groups is 1. The summed E-state index contributed by atoms with van der Waals surface area (Å²) < 4.78 is 1.84. The van der Waals surface area contributed by atoms with Crippen LogP contribution in [0, 0.1) is 18.3 Å². The molecular formula is C16H27ClN2O. The van der Waals surface area contributed by atoms with E-state index in [1.807, 2.05) is 18.5 Å². The third-order valence-electron chi connectivity index (χ3n) is 3.35. The summed E-state index contributed by atoms with van der Waals surface area (Å²) in [6.45, 7) is 13.4. The summed E-state index contributed by atoms with van der Waals surface area (Å²) in [7, 11) is 0. The summed E-state index contributed by atoms with van der Waals surface area (Å²) in [5, 5.41) is 5.00. The molecule has 0 saturated carbocycles. The van der Waals surface area contributed by atoms with E-state index in [9.17, 15) is 4.79 Å². The van der Waals surface area contributed by atoms with Gasteiger partial charge < -0.3 is 0 Å². The fraction of sp³-hybridized carbons (Fsp3) is 0.750. The smallest absolute Gasteiger partial charge is 0.139 e. The largest absolute Gasteiger partial charge is 0.299 e. The molecule has 3 nitrogen and oxygen atoms in total. The van der Waals surface area contributed by atoms with Crippen LogP contribution in [0.1, 0.15) is 58.8 Å². The molecule has 114 valence electrons. The van der Waals surface area contributed by atoms with Crippen molar-refractivity contribution in [1.82, 2.24) is 9.78 Å². The van der Waals surface area contributed by atoms with Crippen LogP contribution in [0.3, 0.4) is 0 Å². The first kappa shape index (κ1) is 17.2. The summed E-state index contributed by atoms with van der Waals surface area (Å²) in [6.07, 6.45) is 2.06. The molecule has 0 saturated heterocycles. The van der Waals surface area contributed by atoms with E-state index in [2.05, 4.69) is 32.8 Å². The van der Waals surface area contributed by atoms with Gasteiger partial charge in [0.05, 0.1) is 16.4 Å². The maximum atomic E-state index is 12.2. The van der Waals surface area contributed by atoms with E-state index in [0.717, 1.165) is 24.4 Å². The number of halogens is 1. The zero-order valence-corrected chi connectivity index (χ0v) is 14.3. The number of rotatable bonds is 6. The van der Waals surface area contributed by atoms with Gasteiger partial charge in [-0.05, 0) is 31.6 Å². The van der Waals surface area contributed by atoms with Crippen LogP contribution in [0.4, 0.5) is 0 Å². The van der Waals surface area contributed by atoms with Crippen molar-refractivity contribution in [2.24, 2.45) is 11.3 Å². The number of nitrogens with zero attached hydrogens (tertiary/aromatic N) is 2. The number of Topliss-reactive ketones (excluding diaryl/α,β-unsaturated/α-hetero) is 1. The number of aryl methyl sites for hydroxylation is 2. The summed E-state index contributed by atoms with van der Waals surface area (Å²) in [6, 6.07) is 0. The highest BCUT2D eigenvalue weighted by molar-refractivity contribution is 6.32. The van der Waals surface area contributed by atoms with Crippen LogP contribution in [-0.2, 0) is 17.8 Å². The van der Waals surface area contributed by atoms with Gasteiger partial charge in [0, 0.05) is 19.4 Å². The molecule has 0 amide bonds. The van der Waals surface area contributed by atoms with Gasteiger partial charge in [0.1, 0.15) is 5.78 Å². The molecule has 1 unspecified atom stereocenters. The topological polar surface area (TPSA) is 34.9 Å². The van der Waals surface area contributed by atoms with E-state index in [1.165, 1.54) is 0 Å².